The summed E-state index contributed by atoms with van der Waals surface area (Å²) >= 11 is 0. The van der Waals surface area contributed by atoms with E-state index in [2.05, 4.69) is 37.8 Å². The Morgan fingerprint density at radius 3 is 2.91 bits per heavy atom. The average Bonchev–Trinajstić information content (AvgIpc) is 3.22. The molecule has 4 aromatic rings. The van der Waals surface area contributed by atoms with Crippen LogP contribution in [0.25, 0.3) is 22.3 Å². The van der Waals surface area contributed by atoms with E-state index in [-0.39, 0.29) is 11.9 Å². The largest absolute Gasteiger partial charge is 0.493 e. The molecule has 1 aliphatic rings. The highest BCUT2D eigenvalue weighted by atomic mass is 16.5. The number of nitrogens with two attached hydrogens (primary N) is 1. The third kappa shape index (κ3) is 4.13. The monoisotopic (exact) mass is 424 g/mol. The van der Waals surface area contributed by atoms with Crippen LogP contribution in [0.2, 0.25) is 0 Å². The van der Waals surface area contributed by atoms with Gasteiger partial charge in [-0.15, -0.1) is 0 Å². The van der Waals surface area contributed by atoms with Gasteiger partial charge in [-0.2, -0.15) is 0 Å². The molecule has 32 heavy (non-hydrogen) atoms. The number of H-pyrrole nitrogens is 1. The van der Waals surface area contributed by atoms with E-state index in [4.69, 9.17) is 15.5 Å². The van der Waals surface area contributed by atoms with Crippen LogP contribution in [-0.4, -0.2) is 52.1 Å². The molecule has 1 aliphatic heterocycles. The number of ether oxygens (including phenoxy) is 1. The summed E-state index contributed by atoms with van der Waals surface area (Å²) in [7, 11) is 4.03. The van der Waals surface area contributed by atoms with Crippen molar-refractivity contribution in [2.24, 2.45) is 0 Å². The molecule has 1 atom stereocenters. The first-order chi connectivity index (χ1) is 15.5. The fourth-order valence-corrected chi connectivity index (χ4v) is 3.86. The molecule has 160 valence electrons. The summed E-state index contributed by atoms with van der Waals surface area (Å²) in [4.78, 5) is 18.7. The maximum absolute atomic E-state index is 6.04. The molecule has 2 aromatic heterocycles. The van der Waals surface area contributed by atoms with Gasteiger partial charge in [0.2, 0.25) is 5.95 Å². The first-order valence-electron chi connectivity index (χ1n) is 10.5. The van der Waals surface area contributed by atoms with Crippen molar-refractivity contribution in [1.29, 1.82) is 0 Å². The van der Waals surface area contributed by atoms with Crippen molar-refractivity contribution < 1.29 is 4.74 Å². The molecule has 0 bridgehead atoms. The van der Waals surface area contributed by atoms with Gasteiger partial charge in [-0.25, -0.2) is 15.0 Å². The highest BCUT2D eigenvalue weighted by Crippen LogP contribution is 2.33. The zero-order chi connectivity index (χ0) is 22.1. The Kier molecular flexibility index (Phi) is 5.21. The van der Waals surface area contributed by atoms with E-state index in [1.54, 1.807) is 6.20 Å². The summed E-state index contributed by atoms with van der Waals surface area (Å²) < 4.78 is 6.04. The molecule has 3 heterocycles. The lowest BCUT2D eigenvalue weighted by atomic mass is 9.95. The molecule has 3 N–H and O–H groups in total. The molecule has 0 radical (unpaired) electrons. The van der Waals surface area contributed by atoms with Crippen LogP contribution in [0.4, 0.5) is 5.95 Å². The number of aromatic amines is 1. The van der Waals surface area contributed by atoms with Gasteiger partial charge in [0.05, 0.1) is 35.8 Å². The maximum atomic E-state index is 6.04. The lowest BCUT2D eigenvalue weighted by molar-refractivity contribution is 0.258. The molecule has 0 saturated heterocycles. The SMILES string of the molecule is CN(C)CC#Cc1ccc2c(c1)CC(c1nc3cc(-c4ccnc(N)n4)ccc3[nH]1)CO2. The quantitative estimate of drug-likeness (QED) is 0.491. The highest BCUT2D eigenvalue weighted by molar-refractivity contribution is 5.81. The summed E-state index contributed by atoms with van der Waals surface area (Å²) in [6.45, 7) is 1.33. The van der Waals surface area contributed by atoms with Crippen molar-refractivity contribution in [3.8, 4) is 28.8 Å². The van der Waals surface area contributed by atoms with Crippen LogP contribution in [0.3, 0.4) is 0 Å². The summed E-state index contributed by atoms with van der Waals surface area (Å²) in [5, 5.41) is 0. The number of fused-ring (bicyclic) bond motifs is 2. The van der Waals surface area contributed by atoms with E-state index < -0.39 is 0 Å². The first-order valence-corrected chi connectivity index (χ1v) is 10.5. The van der Waals surface area contributed by atoms with E-state index in [1.807, 2.05) is 50.5 Å². The van der Waals surface area contributed by atoms with Gasteiger partial charge in [-0.1, -0.05) is 17.9 Å². The molecule has 0 saturated carbocycles. The molecule has 5 rings (SSSR count). The Labute approximate surface area is 186 Å². The summed E-state index contributed by atoms with van der Waals surface area (Å²) in [5.41, 5.74) is 11.5. The normalized spacial score (nSPS) is 15.2. The molecule has 2 aromatic carbocycles. The standard InChI is InChI=1S/C25H24N6O/c1-31(2)11-3-4-16-5-8-23-18(12-16)13-19(15-32-23)24-28-21-7-6-17(14-22(21)29-24)20-9-10-27-25(26)30-20/h5-10,12,14,19H,11,13,15H2,1-2H3,(H,28,29)(H2,26,27,30). The van der Waals surface area contributed by atoms with Gasteiger partial charge in [0.1, 0.15) is 11.6 Å². The summed E-state index contributed by atoms with van der Waals surface area (Å²) in [6.07, 6.45) is 2.52. The minimum absolute atomic E-state index is 0.151. The van der Waals surface area contributed by atoms with Crippen molar-refractivity contribution in [1.82, 2.24) is 24.8 Å². The molecule has 0 spiro atoms. The summed E-state index contributed by atoms with van der Waals surface area (Å²) in [6, 6.07) is 14.1. The lowest BCUT2D eigenvalue weighted by Gasteiger charge is -2.24. The fourth-order valence-electron chi connectivity index (χ4n) is 3.86. The van der Waals surface area contributed by atoms with E-state index in [1.165, 1.54) is 0 Å². The third-order valence-corrected chi connectivity index (χ3v) is 5.45. The number of rotatable bonds is 3. The van der Waals surface area contributed by atoms with E-state index in [9.17, 15) is 0 Å². The van der Waals surface area contributed by atoms with Crippen LogP contribution in [-0.2, 0) is 6.42 Å². The van der Waals surface area contributed by atoms with Gasteiger partial charge in [-0.3, -0.25) is 4.90 Å². The van der Waals surface area contributed by atoms with Gasteiger partial charge in [-0.05, 0) is 62.5 Å². The molecule has 0 aliphatic carbocycles. The molecule has 7 heteroatoms. The Morgan fingerprint density at radius 2 is 2.06 bits per heavy atom. The van der Waals surface area contributed by atoms with Crippen molar-refractivity contribution in [2.45, 2.75) is 12.3 Å². The number of hydrogen-bond acceptors (Lipinski definition) is 6. The second-order valence-corrected chi connectivity index (χ2v) is 8.23. The number of aromatic nitrogens is 4. The van der Waals surface area contributed by atoms with Crippen molar-refractivity contribution in [3.63, 3.8) is 0 Å². The van der Waals surface area contributed by atoms with Crippen LogP contribution in [0.5, 0.6) is 5.75 Å². The Morgan fingerprint density at radius 1 is 1.16 bits per heavy atom. The van der Waals surface area contributed by atoms with E-state index in [0.29, 0.717) is 6.61 Å². The Balaban J connectivity index is 1.40. The van der Waals surface area contributed by atoms with Crippen LogP contribution in [0.1, 0.15) is 22.9 Å². The predicted octanol–water partition coefficient (Wildman–Crippen LogP) is 3.23. The highest BCUT2D eigenvalue weighted by Gasteiger charge is 2.24. The summed E-state index contributed by atoms with van der Waals surface area (Å²) in [5.74, 6) is 8.69. The Bertz CT molecular complexity index is 1350. The number of benzene rings is 2. The predicted molar refractivity (Wildman–Crippen MR) is 125 cm³/mol. The third-order valence-electron chi connectivity index (χ3n) is 5.45. The molecule has 7 nitrogen and oxygen atoms in total. The smallest absolute Gasteiger partial charge is 0.220 e. The van der Waals surface area contributed by atoms with Crippen LogP contribution >= 0.6 is 0 Å². The Hall–Kier alpha value is -3.89. The second-order valence-electron chi connectivity index (χ2n) is 8.23. The van der Waals surface area contributed by atoms with E-state index in [0.717, 1.165) is 58.0 Å². The molecule has 0 amide bonds. The number of nitrogens with zero attached hydrogens (tertiary/aromatic N) is 4. The van der Waals surface area contributed by atoms with Crippen molar-refractivity contribution in [3.05, 3.63) is 65.6 Å². The molecular weight excluding hydrogens is 400 g/mol. The van der Waals surface area contributed by atoms with Gasteiger partial charge in [0, 0.05) is 17.3 Å². The topological polar surface area (TPSA) is 93.0 Å². The molecular formula is C25H24N6O. The number of nitrogens with one attached hydrogen (secondary N) is 1. The zero-order valence-corrected chi connectivity index (χ0v) is 18.1. The van der Waals surface area contributed by atoms with Crippen LogP contribution in [0.15, 0.2) is 48.7 Å². The number of anilines is 1. The second kappa shape index (κ2) is 8.33. The lowest BCUT2D eigenvalue weighted by Crippen LogP contribution is -2.20. The van der Waals surface area contributed by atoms with Crippen molar-refractivity contribution in [2.75, 3.05) is 33.0 Å². The maximum Gasteiger partial charge on any atom is 0.220 e. The molecule has 1 unspecified atom stereocenters. The number of hydrogen-bond donors (Lipinski definition) is 2. The number of imidazole rings is 1. The molecule has 0 fully saturated rings. The van der Waals surface area contributed by atoms with Gasteiger partial charge in [0.25, 0.3) is 0 Å². The first kappa shape index (κ1) is 20.0. The van der Waals surface area contributed by atoms with E-state index >= 15 is 0 Å². The van der Waals surface area contributed by atoms with Gasteiger partial charge >= 0.3 is 0 Å². The minimum Gasteiger partial charge on any atom is -0.493 e. The average molecular weight is 425 g/mol. The van der Waals surface area contributed by atoms with Crippen LogP contribution in [0, 0.1) is 11.8 Å². The zero-order valence-electron chi connectivity index (χ0n) is 18.1. The van der Waals surface area contributed by atoms with Crippen molar-refractivity contribution >= 4 is 17.0 Å². The fraction of sp³-hybridized carbons (Fsp3) is 0.240. The van der Waals surface area contributed by atoms with Gasteiger partial charge < -0.3 is 15.5 Å². The van der Waals surface area contributed by atoms with Gasteiger partial charge in [0.15, 0.2) is 0 Å². The van der Waals surface area contributed by atoms with Crippen LogP contribution < -0.4 is 10.5 Å². The number of nitrogen functional groups attached to an aromatic ring is 1. The minimum atomic E-state index is 0.151.